The van der Waals surface area contributed by atoms with Gasteiger partial charge < -0.3 is 0 Å². The number of amides is 1. The molecule has 0 aliphatic carbocycles. The summed E-state index contributed by atoms with van der Waals surface area (Å²) in [5, 5.41) is 0. The molecule has 0 heterocycles. The number of nitrogens with one attached hydrogen (secondary N) is 1. The molecule has 0 atom stereocenters. The fraction of sp³-hybridized carbons (Fsp3) is 0.750. The van der Waals surface area contributed by atoms with Crippen LogP contribution in [0.25, 0.3) is 0 Å². The highest BCUT2D eigenvalue weighted by Gasteiger charge is 2.10. The van der Waals surface area contributed by atoms with Crippen LogP contribution in [0, 0.1) is 5.92 Å². The molecule has 0 aromatic heterocycles. The van der Waals surface area contributed by atoms with Crippen molar-refractivity contribution in [3.63, 3.8) is 0 Å². The van der Waals surface area contributed by atoms with E-state index in [-0.39, 0.29) is 0 Å². The van der Waals surface area contributed by atoms with Crippen LogP contribution < -0.4 is 5.48 Å². The monoisotopic (exact) mass is 183 g/mol. The second-order valence-corrected chi connectivity index (χ2v) is 3.15. The molecular weight excluding hydrogens is 174 g/mol. The third-order valence-corrected chi connectivity index (χ3v) is 1.07. The zero-order valence-electron chi connectivity index (χ0n) is 6.07. The minimum absolute atomic E-state index is 0.406. The first-order chi connectivity index (χ1) is 4.83. The average molecular weight is 183 g/mol. The van der Waals surface area contributed by atoms with Crippen molar-refractivity contribution in [1.29, 1.82) is 0 Å². The van der Waals surface area contributed by atoms with Gasteiger partial charge in [0.05, 0.1) is 0 Å². The Balaban J connectivity index is 3.83. The van der Waals surface area contributed by atoms with Gasteiger partial charge in [0.2, 0.25) is 5.91 Å². The molecule has 1 amide bonds. The Morgan fingerprint density at radius 3 is 2.27 bits per heavy atom. The molecular formula is C4H9NO5S. The van der Waals surface area contributed by atoms with Crippen LogP contribution in [0.1, 0.15) is 13.8 Å². The van der Waals surface area contributed by atoms with E-state index in [1.165, 1.54) is 0 Å². The predicted molar refractivity (Wildman–Crippen MR) is 35.6 cm³/mol. The number of carbonyl (C=O) groups excluding carboxylic acids is 1. The van der Waals surface area contributed by atoms with Crippen molar-refractivity contribution in [2.45, 2.75) is 13.8 Å². The first-order valence-electron chi connectivity index (χ1n) is 2.78. The van der Waals surface area contributed by atoms with E-state index in [0.717, 1.165) is 0 Å². The van der Waals surface area contributed by atoms with Gasteiger partial charge in [0.1, 0.15) is 0 Å². The van der Waals surface area contributed by atoms with E-state index in [1.807, 2.05) is 0 Å². The Labute approximate surface area is 64.5 Å². The topological polar surface area (TPSA) is 92.7 Å². The summed E-state index contributed by atoms with van der Waals surface area (Å²) >= 11 is 0. The Morgan fingerprint density at radius 1 is 1.55 bits per heavy atom. The summed E-state index contributed by atoms with van der Waals surface area (Å²) in [4.78, 5) is 10.6. The number of carbonyl (C=O) groups is 1. The lowest BCUT2D eigenvalue weighted by molar-refractivity contribution is -0.130. The largest absolute Gasteiger partial charge is 0.418 e. The van der Waals surface area contributed by atoms with Crippen LogP contribution in [0.15, 0.2) is 0 Å². The summed E-state index contributed by atoms with van der Waals surface area (Å²) in [5.74, 6) is -1.03. The maximum absolute atomic E-state index is 10.6. The van der Waals surface area contributed by atoms with Crippen LogP contribution in [0.2, 0.25) is 0 Å². The first kappa shape index (κ1) is 10.3. The number of hydroxylamine groups is 1. The van der Waals surface area contributed by atoms with Gasteiger partial charge in [-0.25, -0.2) is 5.48 Å². The zero-order chi connectivity index (χ0) is 9.07. The van der Waals surface area contributed by atoms with Crippen LogP contribution in [0.4, 0.5) is 0 Å². The molecule has 0 fully saturated rings. The molecule has 7 heteroatoms. The van der Waals surface area contributed by atoms with Gasteiger partial charge in [0, 0.05) is 5.92 Å². The summed E-state index contributed by atoms with van der Waals surface area (Å²) < 4.78 is 31.3. The molecule has 0 saturated carbocycles. The van der Waals surface area contributed by atoms with Gasteiger partial charge in [-0.3, -0.25) is 9.35 Å². The summed E-state index contributed by atoms with van der Waals surface area (Å²) in [6.07, 6.45) is 0. The number of hydrogen-bond donors (Lipinski definition) is 2. The van der Waals surface area contributed by atoms with E-state index < -0.39 is 22.2 Å². The molecule has 0 bridgehead atoms. The highest BCUT2D eigenvalue weighted by Crippen LogP contribution is 1.91. The second-order valence-electron chi connectivity index (χ2n) is 2.13. The molecule has 0 unspecified atom stereocenters. The standard InChI is InChI=1S/C4H9NO5S/c1-3(2)4(6)5-10-11(7,8)9/h3H,1-2H3,(H,5,6)(H,7,8,9). The molecule has 0 aliphatic rings. The van der Waals surface area contributed by atoms with E-state index in [9.17, 15) is 13.2 Å². The Hall–Kier alpha value is -0.660. The third-order valence-electron chi connectivity index (χ3n) is 0.772. The summed E-state index contributed by atoms with van der Waals surface area (Å²) in [6.45, 7) is 3.09. The highest BCUT2D eigenvalue weighted by molar-refractivity contribution is 7.80. The molecule has 0 aromatic rings. The van der Waals surface area contributed by atoms with Crippen molar-refractivity contribution < 1.29 is 22.0 Å². The highest BCUT2D eigenvalue weighted by atomic mass is 32.3. The normalized spacial score (nSPS) is 11.6. The lowest BCUT2D eigenvalue weighted by Gasteiger charge is -2.03. The molecule has 2 N–H and O–H groups in total. The minimum Gasteiger partial charge on any atom is -0.272 e. The number of rotatable bonds is 3. The summed E-state index contributed by atoms with van der Waals surface area (Å²) in [5.41, 5.74) is 1.55. The van der Waals surface area contributed by atoms with Crippen LogP contribution in [0.3, 0.4) is 0 Å². The van der Waals surface area contributed by atoms with Gasteiger partial charge in [-0.2, -0.15) is 8.42 Å². The Morgan fingerprint density at radius 2 is 2.00 bits per heavy atom. The van der Waals surface area contributed by atoms with Crippen LogP contribution in [-0.2, 0) is 19.5 Å². The van der Waals surface area contributed by atoms with Gasteiger partial charge in [0.15, 0.2) is 0 Å². The summed E-state index contributed by atoms with van der Waals surface area (Å²) in [7, 11) is -4.58. The fourth-order valence-corrected chi connectivity index (χ4v) is 0.399. The van der Waals surface area contributed by atoms with E-state index in [4.69, 9.17) is 4.55 Å². The van der Waals surface area contributed by atoms with E-state index in [1.54, 1.807) is 19.3 Å². The predicted octanol–water partition coefficient (Wildman–Crippen LogP) is -0.507. The van der Waals surface area contributed by atoms with E-state index in [0.29, 0.717) is 0 Å². The van der Waals surface area contributed by atoms with Crippen molar-refractivity contribution in [1.82, 2.24) is 5.48 Å². The maximum Gasteiger partial charge on any atom is 0.418 e. The van der Waals surface area contributed by atoms with Gasteiger partial charge in [-0.1, -0.05) is 13.8 Å². The molecule has 0 aromatic carbocycles. The minimum atomic E-state index is -4.58. The maximum atomic E-state index is 10.6. The second kappa shape index (κ2) is 3.65. The number of hydrogen-bond acceptors (Lipinski definition) is 4. The summed E-state index contributed by atoms with van der Waals surface area (Å²) in [6, 6.07) is 0. The molecule has 0 aliphatic heterocycles. The van der Waals surface area contributed by atoms with E-state index >= 15 is 0 Å². The Kier molecular flexibility index (Phi) is 3.43. The van der Waals surface area contributed by atoms with Crippen molar-refractivity contribution >= 4 is 16.3 Å². The van der Waals surface area contributed by atoms with Crippen molar-refractivity contribution in [3.8, 4) is 0 Å². The van der Waals surface area contributed by atoms with Crippen LogP contribution >= 0.6 is 0 Å². The van der Waals surface area contributed by atoms with E-state index in [2.05, 4.69) is 4.28 Å². The molecule has 0 spiro atoms. The quantitative estimate of drug-likeness (QED) is 0.454. The fourth-order valence-electron chi connectivity index (χ4n) is 0.212. The van der Waals surface area contributed by atoms with Crippen LogP contribution in [0.5, 0.6) is 0 Å². The molecule has 0 radical (unpaired) electrons. The molecule has 11 heavy (non-hydrogen) atoms. The molecule has 0 rings (SSSR count). The van der Waals surface area contributed by atoms with Gasteiger partial charge in [0.25, 0.3) is 0 Å². The molecule has 0 saturated heterocycles. The molecule has 66 valence electrons. The molecule has 6 nitrogen and oxygen atoms in total. The van der Waals surface area contributed by atoms with Crippen LogP contribution in [-0.4, -0.2) is 18.9 Å². The lowest BCUT2D eigenvalue weighted by atomic mass is 10.2. The van der Waals surface area contributed by atoms with Gasteiger partial charge >= 0.3 is 10.4 Å². The lowest BCUT2D eigenvalue weighted by Crippen LogP contribution is -2.30. The van der Waals surface area contributed by atoms with Gasteiger partial charge in [-0.15, -0.1) is 4.28 Å². The van der Waals surface area contributed by atoms with Crippen molar-refractivity contribution in [2.24, 2.45) is 5.92 Å². The average Bonchev–Trinajstić information content (AvgIpc) is 1.80. The van der Waals surface area contributed by atoms with Crippen molar-refractivity contribution in [3.05, 3.63) is 0 Å². The smallest absolute Gasteiger partial charge is 0.272 e. The first-order valence-corrected chi connectivity index (χ1v) is 4.15. The SMILES string of the molecule is CC(C)C(=O)NOS(=O)(=O)O. The zero-order valence-corrected chi connectivity index (χ0v) is 6.88. The van der Waals surface area contributed by atoms with Crippen molar-refractivity contribution in [2.75, 3.05) is 0 Å². The third kappa shape index (κ3) is 5.77. The van der Waals surface area contributed by atoms with Gasteiger partial charge in [-0.05, 0) is 0 Å². The Bertz CT molecular complexity index is 231.